The van der Waals surface area contributed by atoms with E-state index in [0.717, 1.165) is 0 Å². The van der Waals surface area contributed by atoms with Crippen LogP contribution in [0.4, 0.5) is 17.2 Å². The van der Waals surface area contributed by atoms with Crippen molar-refractivity contribution in [1.82, 2.24) is 9.78 Å². The highest BCUT2D eigenvalue weighted by Gasteiger charge is 2.08. The molecule has 0 unspecified atom stereocenters. The maximum Gasteiger partial charge on any atom is 0.296 e. The number of aromatic amines is 1. The summed E-state index contributed by atoms with van der Waals surface area (Å²) in [5.41, 5.74) is 5.81. The summed E-state index contributed by atoms with van der Waals surface area (Å²) in [6.45, 7) is 0. The Bertz CT molecular complexity index is 609. The number of azo groups is 1. The molecule has 1 heterocycles. The van der Waals surface area contributed by atoms with Gasteiger partial charge in [-0.25, -0.2) is 0 Å². The van der Waals surface area contributed by atoms with Crippen molar-refractivity contribution in [2.75, 3.05) is 5.73 Å². The van der Waals surface area contributed by atoms with Crippen molar-refractivity contribution in [2.45, 2.75) is 0 Å². The fourth-order valence-electron chi connectivity index (χ4n) is 1.28. The van der Waals surface area contributed by atoms with E-state index in [4.69, 9.17) is 10.8 Å². The van der Waals surface area contributed by atoms with Crippen molar-refractivity contribution in [3.63, 3.8) is 0 Å². The van der Waals surface area contributed by atoms with Gasteiger partial charge in [-0.1, -0.05) is 0 Å². The molecule has 0 aliphatic rings. The zero-order valence-corrected chi connectivity index (χ0v) is 9.08. The first kappa shape index (κ1) is 10.9. The third-order valence-corrected chi connectivity index (χ3v) is 2.17. The van der Waals surface area contributed by atoms with Gasteiger partial charge in [-0.3, -0.25) is 14.6 Å². The van der Waals surface area contributed by atoms with Crippen LogP contribution in [0.25, 0.3) is 0 Å². The number of aromatic nitrogens is 2. The van der Waals surface area contributed by atoms with Crippen LogP contribution in [-0.4, -0.2) is 14.9 Å². The van der Waals surface area contributed by atoms with Crippen LogP contribution in [0.15, 0.2) is 39.3 Å². The Morgan fingerprint density at radius 3 is 2.47 bits per heavy atom. The topological polar surface area (TPSA) is 109 Å². The van der Waals surface area contributed by atoms with Gasteiger partial charge in [-0.2, -0.15) is 5.11 Å². The molecule has 0 amide bonds. The SMILES string of the molecule is Cn1[nH]c(N)c(N=Nc2ccc(O)cc2)c1=O. The summed E-state index contributed by atoms with van der Waals surface area (Å²) in [6, 6.07) is 6.11. The molecule has 0 saturated heterocycles. The van der Waals surface area contributed by atoms with E-state index >= 15 is 0 Å². The van der Waals surface area contributed by atoms with Crippen molar-refractivity contribution in [3.05, 3.63) is 34.6 Å². The molecule has 1 aromatic heterocycles. The normalized spacial score (nSPS) is 11.1. The van der Waals surface area contributed by atoms with E-state index in [1.807, 2.05) is 0 Å². The highest BCUT2D eigenvalue weighted by molar-refractivity contribution is 5.55. The second kappa shape index (κ2) is 4.12. The molecule has 2 aromatic rings. The maximum atomic E-state index is 11.5. The first-order chi connectivity index (χ1) is 8.08. The van der Waals surface area contributed by atoms with Crippen molar-refractivity contribution < 1.29 is 5.11 Å². The molecule has 17 heavy (non-hydrogen) atoms. The third kappa shape index (κ3) is 2.17. The summed E-state index contributed by atoms with van der Waals surface area (Å²) < 4.78 is 1.22. The van der Waals surface area contributed by atoms with Gasteiger partial charge < -0.3 is 10.8 Å². The summed E-state index contributed by atoms with van der Waals surface area (Å²) in [5, 5.41) is 19.3. The second-order valence-electron chi connectivity index (χ2n) is 3.45. The summed E-state index contributed by atoms with van der Waals surface area (Å²) in [4.78, 5) is 11.5. The predicted molar refractivity (Wildman–Crippen MR) is 62.7 cm³/mol. The lowest BCUT2D eigenvalue weighted by molar-refractivity contribution is 0.475. The molecule has 7 heteroatoms. The van der Waals surface area contributed by atoms with Gasteiger partial charge in [0.05, 0.1) is 5.69 Å². The minimum atomic E-state index is -0.343. The monoisotopic (exact) mass is 233 g/mol. The molecular weight excluding hydrogens is 222 g/mol. The Labute approximate surface area is 96.2 Å². The zero-order chi connectivity index (χ0) is 12.4. The maximum absolute atomic E-state index is 11.5. The van der Waals surface area contributed by atoms with Crippen molar-refractivity contribution in [1.29, 1.82) is 0 Å². The predicted octanol–water partition coefficient (Wildman–Crippen LogP) is 1.42. The van der Waals surface area contributed by atoms with Crippen LogP contribution >= 0.6 is 0 Å². The van der Waals surface area contributed by atoms with Crippen LogP contribution in [0.1, 0.15) is 0 Å². The Kier molecular flexibility index (Phi) is 2.65. The number of phenolic OH excluding ortho intramolecular Hbond substituents is 1. The fourth-order valence-corrected chi connectivity index (χ4v) is 1.28. The number of nitrogen functional groups attached to an aromatic ring is 1. The number of phenols is 1. The average Bonchev–Trinajstić information content (AvgIpc) is 2.54. The number of aryl methyl sites for hydroxylation is 1. The van der Waals surface area contributed by atoms with Gasteiger partial charge in [0, 0.05) is 7.05 Å². The number of hydrogen-bond acceptors (Lipinski definition) is 5. The van der Waals surface area contributed by atoms with Gasteiger partial charge in [-0.05, 0) is 24.3 Å². The molecule has 0 spiro atoms. The van der Waals surface area contributed by atoms with Crippen LogP contribution in [0.5, 0.6) is 5.75 Å². The highest BCUT2D eigenvalue weighted by Crippen LogP contribution is 2.20. The number of anilines is 1. The molecule has 2 rings (SSSR count). The molecule has 0 saturated carbocycles. The molecule has 7 nitrogen and oxygen atoms in total. The number of H-pyrrole nitrogens is 1. The zero-order valence-electron chi connectivity index (χ0n) is 9.08. The number of nitrogens with zero attached hydrogens (tertiary/aromatic N) is 3. The van der Waals surface area contributed by atoms with Gasteiger partial charge in [0.2, 0.25) is 0 Å². The summed E-state index contributed by atoms with van der Waals surface area (Å²) in [7, 11) is 1.54. The van der Waals surface area contributed by atoms with Crippen LogP contribution in [-0.2, 0) is 7.05 Å². The molecular formula is C10H11N5O2. The molecule has 0 atom stereocenters. The minimum Gasteiger partial charge on any atom is -0.508 e. The minimum absolute atomic E-state index is 0.0700. The molecule has 1 aromatic carbocycles. The molecule has 0 radical (unpaired) electrons. The van der Waals surface area contributed by atoms with E-state index in [9.17, 15) is 4.79 Å². The highest BCUT2D eigenvalue weighted by atomic mass is 16.3. The number of nitrogens with two attached hydrogens (primary N) is 1. The van der Waals surface area contributed by atoms with E-state index < -0.39 is 0 Å². The summed E-state index contributed by atoms with van der Waals surface area (Å²) in [5.74, 6) is 0.307. The summed E-state index contributed by atoms with van der Waals surface area (Å²) in [6.07, 6.45) is 0. The first-order valence-electron chi connectivity index (χ1n) is 4.83. The Balaban J connectivity index is 2.32. The van der Waals surface area contributed by atoms with Crippen molar-refractivity contribution in [3.8, 4) is 5.75 Å². The Morgan fingerprint density at radius 1 is 1.29 bits per heavy atom. The molecule has 0 aliphatic carbocycles. The number of rotatable bonds is 2. The van der Waals surface area contributed by atoms with Gasteiger partial charge in [-0.15, -0.1) is 5.11 Å². The summed E-state index contributed by atoms with van der Waals surface area (Å²) >= 11 is 0. The van der Waals surface area contributed by atoms with Crippen LogP contribution in [0.2, 0.25) is 0 Å². The second-order valence-corrected chi connectivity index (χ2v) is 3.45. The largest absolute Gasteiger partial charge is 0.508 e. The lowest BCUT2D eigenvalue weighted by atomic mass is 10.3. The van der Waals surface area contributed by atoms with Crippen molar-refractivity contribution in [2.24, 2.45) is 17.3 Å². The van der Waals surface area contributed by atoms with Gasteiger partial charge in [0.15, 0.2) is 5.69 Å². The smallest absolute Gasteiger partial charge is 0.296 e. The van der Waals surface area contributed by atoms with Gasteiger partial charge in [0.1, 0.15) is 11.6 Å². The van der Waals surface area contributed by atoms with E-state index in [0.29, 0.717) is 5.69 Å². The fraction of sp³-hybridized carbons (Fsp3) is 0.100. The van der Waals surface area contributed by atoms with Crippen LogP contribution < -0.4 is 11.3 Å². The first-order valence-corrected chi connectivity index (χ1v) is 4.83. The molecule has 4 N–H and O–H groups in total. The number of hydrogen-bond donors (Lipinski definition) is 3. The van der Waals surface area contributed by atoms with E-state index in [1.165, 1.54) is 23.9 Å². The Morgan fingerprint density at radius 2 is 1.94 bits per heavy atom. The molecule has 0 aliphatic heterocycles. The van der Waals surface area contributed by atoms with Gasteiger partial charge in [0.25, 0.3) is 5.56 Å². The van der Waals surface area contributed by atoms with Crippen LogP contribution in [0.3, 0.4) is 0 Å². The van der Waals surface area contributed by atoms with E-state index in [1.54, 1.807) is 12.1 Å². The lowest BCUT2D eigenvalue weighted by Gasteiger charge is -1.92. The van der Waals surface area contributed by atoms with Crippen molar-refractivity contribution >= 4 is 17.2 Å². The molecule has 0 bridgehead atoms. The molecule has 88 valence electrons. The van der Waals surface area contributed by atoms with E-state index in [2.05, 4.69) is 15.3 Å². The number of nitrogens with one attached hydrogen (secondary N) is 1. The average molecular weight is 233 g/mol. The standard InChI is InChI=1S/C10H11N5O2/c1-15-10(17)8(9(11)14-15)13-12-6-2-4-7(16)5-3-6/h2-5,14,16H,11H2,1H3. The quantitative estimate of drug-likeness (QED) is 0.682. The third-order valence-electron chi connectivity index (χ3n) is 2.17. The number of benzene rings is 1. The lowest BCUT2D eigenvalue weighted by Crippen LogP contribution is -2.10. The van der Waals surface area contributed by atoms with Gasteiger partial charge >= 0.3 is 0 Å². The number of aromatic hydroxyl groups is 1. The van der Waals surface area contributed by atoms with E-state index in [-0.39, 0.29) is 22.8 Å². The Hall–Kier alpha value is -2.57. The molecule has 0 fully saturated rings. The van der Waals surface area contributed by atoms with Crippen LogP contribution in [0, 0.1) is 0 Å².